The highest BCUT2D eigenvalue weighted by Gasteiger charge is 1.93. The molecule has 82 valence electrons. The lowest BCUT2D eigenvalue weighted by atomic mass is 10.0. The Morgan fingerprint density at radius 3 is 1.69 bits per heavy atom. The van der Waals surface area contributed by atoms with Crippen molar-refractivity contribution in [3.63, 3.8) is 0 Å². The van der Waals surface area contributed by atoms with Gasteiger partial charge in [0.25, 0.3) is 0 Å². The highest BCUT2D eigenvalue weighted by atomic mass is 14.0. The van der Waals surface area contributed by atoms with Crippen LogP contribution in [0.4, 0.5) is 0 Å². The summed E-state index contributed by atoms with van der Waals surface area (Å²) in [5.41, 5.74) is 0. The Balaban J connectivity index is 0. The van der Waals surface area contributed by atoms with Gasteiger partial charge in [0.2, 0.25) is 0 Å². The van der Waals surface area contributed by atoms with Gasteiger partial charge in [-0.05, 0) is 5.92 Å². The molecule has 13 heavy (non-hydrogen) atoms. The van der Waals surface area contributed by atoms with Gasteiger partial charge in [0.05, 0.1) is 0 Å². The third-order valence-electron chi connectivity index (χ3n) is 2.39. The largest absolute Gasteiger partial charge is 0.0776 e. The van der Waals surface area contributed by atoms with Gasteiger partial charge in [0, 0.05) is 0 Å². The molecular formula is C13H30. The number of hydrogen-bond donors (Lipinski definition) is 0. The highest BCUT2D eigenvalue weighted by molar-refractivity contribution is 4.48. The van der Waals surface area contributed by atoms with Crippen molar-refractivity contribution in [1.82, 2.24) is 0 Å². The van der Waals surface area contributed by atoms with Gasteiger partial charge in [-0.2, -0.15) is 0 Å². The zero-order valence-corrected chi connectivity index (χ0v) is 9.23. The average Bonchev–Trinajstić information content (AvgIpc) is 2.02. The van der Waals surface area contributed by atoms with E-state index in [1.807, 2.05) is 0 Å². The van der Waals surface area contributed by atoms with Crippen molar-refractivity contribution >= 4 is 0 Å². The predicted octanol–water partition coefficient (Wildman–Crippen LogP) is 5.42. The van der Waals surface area contributed by atoms with E-state index in [9.17, 15) is 0 Å². The molecule has 0 saturated heterocycles. The van der Waals surface area contributed by atoms with E-state index in [1.54, 1.807) is 0 Å². The van der Waals surface area contributed by atoms with Gasteiger partial charge in [-0.25, -0.2) is 0 Å². The third kappa shape index (κ3) is 14.8. The number of rotatable bonds is 8. The lowest BCUT2D eigenvalue weighted by molar-refractivity contribution is 0.511. The summed E-state index contributed by atoms with van der Waals surface area (Å²) in [6.07, 6.45) is 11.5. The first-order valence-corrected chi connectivity index (χ1v) is 5.77. The third-order valence-corrected chi connectivity index (χ3v) is 2.39. The summed E-state index contributed by atoms with van der Waals surface area (Å²) in [7, 11) is 0. The van der Waals surface area contributed by atoms with Crippen LogP contribution >= 0.6 is 0 Å². The van der Waals surface area contributed by atoms with Crippen LogP contribution in [0, 0.1) is 5.92 Å². The summed E-state index contributed by atoms with van der Waals surface area (Å²) in [6.45, 7) is 6.91. The molecule has 0 heterocycles. The molecule has 0 N–H and O–H groups in total. The van der Waals surface area contributed by atoms with Crippen LogP contribution in [0.25, 0.3) is 0 Å². The van der Waals surface area contributed by atoms with E-state index in [4.69, 9.17) is 0 Å². The van der Waals surface area contributed by atoms with Crippen LogP contribution < -0.4 is 0 Å². The van der Waals surface area contributed by atoms with Gasteiger partial charge in [0.15, 0.2) is 0 Å². The SMILES string of the molecule is C.CCCCCCCCCC(C)C. The number of hydrogen-bond acceptors (Lipinski definition) is 0. The smallest absolute Gasteiger partial charge is 0.0471 e. The molecule has 0 atom stereocenters. The van der Waals surface area contributed by atoms with Crippen molar-refractivity contribution in [3.05, 3.63) is 0 Å². The lowest BCUT2D eigenvalue weighted by Gasteiger charge is -2.03. The van der Waals surface area contributed by atoms with E-state index in [-0.39, 0.29) is 7.43 Å². The molecule has 0 rings (SSSR count). The van der Waals surface area contributed by atoms with E-state index in [0.717, 1.165) is 5.92 Å². The molecule has 0 radical (unpaired) electrons. The van der Waals surface area contributed by atoms with E-state index in [1.165, 1.54) is 51.4 Å². The van der Waals surface area contributed by atoms with Gasteiger partial charge in [-0.1, -0.05) is 79.6 Å². The van der Waals surface area contributed by atoms with Crippen LogP contribution in [0.2, 0.25) is 0 Å². The van der Waals surface area contributed by atoms with Crippen LogP contribution in [0.5, 0.6) is 0 Å². The van der Waals surface area contributed by atoms with Crippen molar-refractivity contribution in [3.8, 4) is 0 Å². The molecule has 0 fully saturated rings. The van der Waals surface area contributed by atoms with Gasteiger partial charge in [-0.3, -0.25) is 0 Å². The van der Waals surface area contributed by atoms with Gasteiger partial charge < -0.3 is 0 Å². The maximum Gasteiger partial charge on any atom is -0.0471 e. The summed E-state index contributed by atoms with van der Waals surface area (Å²) >= 11 is 0. The Bertz CT molecular complexity index is 74.1. The summed E-state index contributed by atoms with van der Waals surface area (Å²) in [5, 5.41) is 0. The molecule has 0 amide bonds. The van der Waals surface area contributed by atoms with E-state index < -0.39 is 0 Å². The molecule has 0 aliphatic rings. The molecule has 0 bridgehead atoms. The summed E-state index contributed by atoms with van der Waals surface area (Å²) in [4.78, 5) is 0. The Morgan fingerprint density at radius 1 is 0.769 bits per heavy atom. The first-order valence-electron chi connectivity index (χ1n) is 5.77. The lowest BCUT2D eigenvalue weighted by Crippen LogP contribution is -1.87. The fourth-order valence-corrected chi connectivity index (χ4v) is 1.51. The van der Waals surface area contributed by atoms with Crippen molar-refractivity contribution < 1.29 is 0 Å². The molecule has 0 nitrogen and oxygen atoms in total. The van der Waals surface area contributed by atoms with Crippen LogP contribution in [-0.2, 0) is 0 Å². The Kier molecular flexibility index (Phi) is 14.3. The molecule has 0 heteroatoms. The summed E-state index contributed by atoms with van der Waals surface area (Å²) in [6, 6.07) is 0. The molecular weight excluding hydrogens is 156 g/mol. The minimum Gasteiger partial charge on any atom is -0.0776 e. The molecule has 0 aliphatic heterocycles. The van der Waals surface area contributed by atoms with Crippen LogP contribution in [0.15, 0.2) is 0 Å². The highest BCUT2D eigenvalue weighted by Crippen LogP contribution is 2.11. The fraction of sp³-hybridized carbons (Fsp3) is 1.00. The zero-order valence-electron chi connectivity index (χ0n) is 9.23. The van der Waals surface area contributed by atoms with Gasteiger partial charge >= 0.3 is 0 Å². The second kappa shape index (κ2) is 12.0. The first kappa shape index (κ1) is 15.5. The van der Waals surface area contributed by atoms with Crippen molar-refractivity contribution in [1.29, 1.82) is 0 Å². The predicted molar refractivity (Wildman–Crippen MR) is 64.2 cm³/mol. The average molecular weight is 186 g/mol. The second-order valence-electron chi connectivity index (χ2n) is 4.30. The first-order chi connectivity index (χ1) is 5.77. The maximum atomic E-state index is 2.32. The number of unbranched alkanes of at least 4 members (excludes halogenated alkanes) is 6. The molecule has 0 aromatic carbocycles. The summed E-state index contributed by atoms with van der Waals surface area (Å²) < 4.78 is 0. The van der Waals surface area contributed by atoms with Crippen LogP contribution in [0.3, 0.4) is 0 Å². The zero-order chi connectivity index (χ0) is 9.23. The Morgan fingerprint density at radius 2 is 1.23 bits per heavy atom. The fourth-order valence-electron chi connectivity index (χ4n) is 1.51. The molecule has 0 spiro atoms. The van der Waals surface area contributed by atoms with Gasteiger partial charge in [0.1, 0.15) is 0 Å². The van der Waals surface area contributed by atoms with Crippen LogP contribution in [0.1, 0.15) is 79.6 Å². The molecule has 0 aromatic heterocycles. The molecule has 0 aliphatic carbocycles. The van der Waals surface area contributed by atoms with Crippen molar-refractivity contribution in [2.75, 3.05) is 0 Å². The topological polar surface area (TPSA) is 0 Å². The standard InChI is InChI=1S/C12H26.CH4/c1-4-5-6-7-8-9-10-11-12(2)3;/h12H,4-11H2,1-3H3;1H4. The van der Waals surface area contributed by atoms with Gasteiger partial charge in [-0.15, -0.1) is 0 Å². The van der Waals surface area contributed by atoms with Crippen molar-refractivity contribution in [2.24, 2.45) is 5.92 Å². The van der Waals surface area contributed by atoms with E-state index in [0.29, 0.717) is 0 Å². The van der Waals surface area contributed by atoms with Crippen molar-refractivity contribution in [2.45, 2.75) is 79.6 Å². The minimum absolute atomic E-state index is 0. The molecule has 0 unspecified atom stereocenters. The minimum atomic E-state index is 0. The summed E-state index contributed by atoms with van der Waals surface area (Å²) in [5.74, 6) is 0.903. The Hall–Kier alpha value is 0. The molecule has 0 aromatic rings. The second-order valence-corrected chi connectivity index (χ2v) is 4.30. The molecule has 0 saturated carbocycles. The van der Waals surface area contributed by atoms with Crippen LogP contribution in [-0.4, -0.2) is 0 Å². The van der Waals surface area contributed by atoms with E-state index in [2.05, 4.69) is 20.8 Å². The maximum absolute atomic E-state index is 2.32. The normalized spacial score (nSPS) is 10.2. The Labute approximate surface area is 86.1 Å². The quantitative estimate of drug-likeness (QED) is 0.444. The monoisotopic (exact) mass is 186 g/mol. The van der Waals surface area contributed by atoms with E-state index >= 15 is 0 Å².